The second-order valence-electron chi connectivity index (χ2n) is 6.34. The molecule has 28 heavy (non-hydrogen) atoms. The van der Waals surface area contributed by atoms with Gasteiger partial charge in [0, 0.05) is 22.8 Å². The topological polar surface area (TPSA) is 82.7 Å². The number of halogens is 1. The van der Waals surface area contributed by atoms with E-state index in [2.05, 4.69) is 25.8 Å². The van der Waals surface area contributed by atoms with Crippen molar-refractivity contribution in [3.05, 3.63) is 72.4 Å². The molecule has 3 N–H and O–H groups in total. The molecule has 0 aliphatic rings. The highest BCUT2D eigenvalue weighted by Crippen LogP contribution is 2.27. The maximum absolute atomic E-state index is 13.9. The normalized spacial score (nSPS) is 10.8. The lowest BCUT2D eigenvalue weighted by molar-refractivity contribution is 0.262. The number of fused-ring (bicyclic) bond motifs is 1. The fourth-order valence-electron chi connectivity index (χ4n) is 3.00. The summed E-state index contributed by atoms with van der Waals surface area (Å²) in [4.78, 5) is 16.4. The van der Waals surface area contributed by atoms with Gasteiger partial charge in [-0.2, -0.15) is 5.10 Å². The van der Waals surface area contributed by atoms with Gasteiger partial charge in [0.15, 0.2) is 0 Å². The van der Waals surface area contributed by atoms with Crippen molar-refractivity contribution < 1.29 is 9.18 Å². The lowest BCUT2D eigenvalue weighted by Gasteiger charge is -2.10. The monoisotopic (exact) mass is 375 g/mol. The molecule has 6 nitrogen and oxygen atoms in total. The number of hydrogen-bond acceptors (Lipinski definition) is 3. The Kier molecular flexibility index (Phi) is 4.72. The highest BCUT2D eigenvalue weighted by atomic mass is 19.1. The van der Waals surface area contributed by atoms with E-state index in [1.54, 1.807) is 42.9 Å². The number of aryl methyl sites for hydroxylation is 1. The highest BCUT2D eigenvalue weighted by molar-refractivity contribution is 6.00. The van der Waals surface area contributed by atoms with Crippen LogP contribution in [0.3, 0.4) is 0 Å². The van der Waals surface area contributed by atoms with E-state index >= 15 is 0 Å². The average Bonchev–Trinajstić information content (AvgIpc) is 3.19. The molecule has 0 aliphatic carbocycles. The van der Waals surface area contributed by atoms with Gasteiger partial charge in [-0.1, -0.05) is 25.1 Å². The van der Waals surface area contributed by atoms with Gasteiger partial charge in [-0.05, 0) is 41.8 Å². The molecule has 0 atom stereocenters. The van der Waals surface area contributed by atoms with Crippen molar-refractivity contribution in [1.82, 2.24) is 15.2 Å². The van der Waals surface area contributed by atoms with E-state index in [0.29, 0.717) is 5.69 Å². The second kappa shape index (κ2) is 7.48. The lowest BCUT2D eigenvalue weighted by Crippen LogP contribution is -2.20. The van der Waals surface area contributed by atoms with E-state index in [-0.39, 0.29) is 5.69 Å². The predicted octanol–water partition coefficient (Wildman–Crippen LogP) is 4.97. The summed E-state index contributed by atoms with van der Waals surface area (Å²) in [6, 6.07) is 11.5. The summed E-state index contributed by atoms with van der Waals surface area (Å²) in [5.74, 6) is -0.469. The first-order valence-corrected chi connectivity index (χ1v) is 8.88. The minimum absolute atomic E-state index is 0.159. The van der Waals surface area contributed by atoms with Crippen molar-refractivity contribution in [3.63, 3.8) is 0 Å². The average molecular weight is 375 g/mol. The minimum Gasteiger partial charge on any atom is -0.308 e. The third-order valence-electron chi connectivity index (χ3n) is 4.51. The number of rotatable bonds is 4. The first-order chi connectivity index (χ1) is 13.6. The molecule has 0 aliphatic heterocycles. The molecule has 0 unspecified atom stereocenters. The van der Waals surface area contributed by atoms with E-state index in [1.807, 2.05) is 19.1 Å². The summed E-state index contributed by atoms with van der Waals surface area (Å²) in [5.41, 5.74) is 4.46. The van der Waals surface area contributed by atoms with Crippen LogP contribution >= 0.6 is 0 Å². The molecule has 2 aromatic carbocycles. The predicted molar refractivity (Wildman–Crippen MR) is 108 cm³/mol. The molecule has 2 amide bonds. The van der Waals surface area contributed by atoms with Gasteiger partial charge in [0.1, 0.15) is 5.82 Å². The van der Waals surface area contributed by atoms with Gasteiger partial charge >= 0.3 is 6.03 Å². The fraction of sp³-hybridized carbons (Fsp3) is 0.0952. The Morgan fingerprint density at radius 2 is 1.89 bits per heavy atom. The van der Waals surface area contributed by atoms with Crippen LogP contribution in [0.4, 0.5) is 20.6 Å². The summed E-state index contributed by atoms with van der Waals surface area (Å²) in [6.07, 6.45) is 6.01. The number of carbonyl (C=O) groups is 1. The molecule has 140 valence electrons. The van der Waals surface area contributed by atoms with Gasteiger partial charge in [0.05, 0.1) is 23.6 Å². The molecule has 7 heteroatoms. The van der Waals surface area contributed by atoms with Crippen molar-refractivity contribution in [1.29, 1.82) is 0 Å². The molecule has 0 radical (unpaired) electrons. The number of nitrogens with zero attached hydrogens (tertiary/aromatic N) is 2. The van der Waals surface area contributed by atoms with Crippen LogP contribution in [-0.4, -0.2) is 21.2 Å². The van der Waals surface area contributed by atoms with Crippen LogP contribution in [0.5, 0.6) is 0 Å². The lowest BCUT2D eigenvalue weighted by atomic mass is 10.0. The number of urea groups is 1. The summed E-state index contributed by atoms with van der Waals surface area (Å²) in [6.45, 7) is 1.97. The van der Waals surface area contributed by atoms with Crippen molar-refractivity contribution >= 4 is 28.3 Å². The zero-order valence-electron chi connectivity index (χ0n) is 15.2. The quantitative estimate of drug-likeness (QED) is 0.471. The molecular formula is C21H18FN5O. The van der Waals surface area contributed by atoms with Gasteiger partial charge in [-0.25, -0.2) is 9.18 Å². The van der Waals surface area contributed by atoms with E-state index in [0.717, 1.165) is 34.0 Å². The number of aromatic nitrogens is 3. The van der Waals surface area contributed by atoms with Crippen LogP contribution in [0.15, 0.2) is 61.1 Å². The number of amides is 2. The van der Waals surface area contributed by atoms with Gasteiger partial charge in [-0.15, -0.1) is 0 Å². The molecule has 2 aromatic heterocycles. The Morgan fingerprint density at radius 3 is 2.68 bits per heavy atom. The first-order valence-electron chi connectivity index (χ1n) is 8.88. The number of H-pyrrole nitrogens is 1. The molecule has 0 saturated heterocycles. The molecule has 2 heterocycles. The highest BCUT2D eigenvalue weighted by Gasteiger charge is 2.09. The van der Waals surface area contributed by atoms with E-state index < -0.39 is 11.8 Å². The van der Waals surface area contributed by atoms with Crippen LogP contribution in [0, 0.1) is 5.82 Å². The molecule has 4 aromatic rings. The van der Waals surface area contributed by atoms with Crippen molar-refractivity contribution in [2.24, 2.45) is 0 Å². The summed E-state index contributed by atoms with van der Waals surface area (Å²) in [7, 11) is 0. The molecule has 4 rings (SSSR count). The molecular weight excluding hydrogens is 357 g/mol. The van der Waals surface area contributed by atoms with Crippen molar-refractivity contribution in [2.45, 2.75) is 13.3 Å². The smallest absolute Gasteiger partial charge is 0.308 e. The number of benzene rings is 2. The van der Waals surface area contributed by atoms with Crippen LogP contribution in [0.1, 0.15) is 12.5 Å². The second-order valence-corrected chi connectivity index (χ2v) is 6.34. The third-order valence-corrected chi connectivity index (χ3v) is 4.51. The zero-order valence-corrected chi connectivity index (χ0v) is 15.2. The van der Waals surface area contributed by atoms with Crippen molar-refractivity contribution in [3.8, 4) is 11.1 Å². The minimum atomic E-state index is -0.501. The van der Waals surface area contributed by atoms with Crippen LogP contribution < -0.4 is 10.6 Å². The molecule has 0 spiro atoms. The maximum atomic E-state index is 13.9. The molecule has 0 bridgehead atoms. The molecule has 0 saturated carbocycles. The Balaban J connectivity index is 1.49. The number of pyridine rings is 1. The van der Waals surface area contributed by atoms with Gasteiger partial charge in [0.2, 0.25) is 0 Å². The Morgan fingerprint density at radius 1 is 1.07 bits per heavy atom. The van der Waals surface area contributed by atoms with E-state index in [1.165, 1.54) is 6.07 Å². The first kappa shape index (κ1) is 17.7. The standard InChI is InChI=1S/C21H18FN5O/c1-2-13-3-8-18(22)19(9-13)26-21(28)25-15-6-4-14(5-7-15)16-10-23-12-20-17(16)11-24-27-20/h3-12H,2H2,1H3,(H,24,27)(H2,25,26,28). The van der Waals surface area contributed by atoms with Gasteiger partial charge < -0.3 is 10.6 Å². The number of hydrogen-bond donors (Lipinski definition) is 3. The Labute approximate surface area is 160 Å². The summed E-state index contributed by atoms with van der Waals surface area (Å²) < 4.78 is 13.9. The SMILES string of the molecule is CCc1ccc(F)c(NC(=O)Nc2ccc(-c3cncc4[nH]ncc34)cc2)c1. The number of aromatic amines is 1. The largest absolute Gasteiger partial charge is 0.323 e. The Hall–Kier alpha value is -3.74. The van der Waals surface area contributed by atoms with Crippen LogP contribution in [-0.2, 0) is 6.42 Å². The third kappa shape index (κ3) is 3.55. The van der Waals surface area contributed by atoms with Gasteiger partial charge in [0.25, 0.3) is 0 Å². The Bertz CT molecular complexity index is 1140. The number of anilines is 2. The van der Waals surface area contributed by atoms with Crippen LogP contribution in [0.25, 0.3) is 22.0 Å². The molecule has 0 fully saturated rings. The van der Waals surface area contributed by atoms with Crippen LogP contribution in [0.2, 0.25) is 0 Å². The summed E-state index contributed by atoms with van der Waals surface area (Å²) >= 11 is 0. The van der Waals surface area contributed by atoms with E-state index in [9.17, 15) is 9.18 Å². The number of nitrogens with one attached hydrogen (secondary N) is 3. The van der Waals surface area contributed by atoms with Crippen molar-refractivity contribution in [2.75, 3.05) is 10.6 Å². The fourth-order valence-corrected chi connectivity index (χ4v) is 3.00. The zero-order chi connectivity index (χ0) is 19.5. The van der Waals surface area contributed by atoms with E-state index in [4.69, 9.17) is 0 Å². The number of carbonyl (C=O) groups excluding carboxylic acids is 1. The summed E-state index contributed by atoms with van der Waals surface area (Å²) in [5, 5.41) is 13.2. The maximum Gasteiger partial charge on any atom is 0.323 e. The van der Waals surface area contributed by atoms with Gasteiger partial charge in [-0.3, -0.25) is 10.1 Å².